The summed E-state index contributed by atoms with van der Waals surface area (Å²) in [6.45, 7) is 0. The fourth-order valence-corrected chi connectivity index (χ4v) is 1.70. The van der Waals surface area contributed by atoms with E-state index < -0.39 is 11.9 Å². The number of nitrogens with zero attached hydrogens (tertiary/aromatic N) is 3. The highest BCUT2D eigenvalue weighted by molar-refractivity contribution is 6.35. The molecule has 102 valence electrons. The van der Waals surface area contributed by atoms with E-state index in [4.69, 9.17) is 28.3 Å². The molecule has 1 amide bonds. The van der Waals surface area contributed by atoms with Crippen molar-refractivity contribution < 1.29 is 14.7 Å². The van der Waals surface area contributed by atoms with Crippen molar-refractivity contribution in [3.05, 3.63) is 46.1 Å². The van der Waals surface area contributed by atoms with Crippen LogP contribution in [-0.2, 0) is 0 Å². The Labute approximate surface area is 122 Å². The molecular formula is C11H6Cl2N4O3. The average molecular weight is 313 g/mol. The van der Waals surface area contributed by atoms with Gasteiger partial charge in [-0.2, -0.15) is 0 Å². The Morgan fingerprint density at radius 3 is 2.55 bits per heavy atom. The molecule has 2 aromatic heterocycles. The van der Waals surface area contributed by atoms with Crippen LogP contribution in [0.5, 0.6) is 0 Å². The molecule has 0 aliphatic rings. The standard InChI is InChI=1S/C11H6Cl2N4O3/c12-6-4-16-7(13)3-5(6)10(18)17-9-8(11(19)20)14-1-2-15-9/h1-4H,(H,19,20)(H,15,17,18). The number of hydrogen-bond donors (Lipinski definition) is 2. The number of carboxylic acids is 1. The first-order valence-electron chi connectivity index (χ1n) is 5.15. The van der Waals surface area contributed by atoms with Crippen molar-refractivity contribution in [3.63, 3.8) is 0 Å². The van der Waals surface area contributed by atoms with E-state index in [1.807, 2.05) is 0 Å². The maximum atomic E-state index is 12.0. The van der Waals surface area contributed by atoms with Gasteiger partial charge in [-0.3, -0.25) is 4.79 Å². The molecule has 0 aromatic carbocycles. The fourth-order valence-electron chi connectivity index (χ4n) is 1.35. The average Bonchev–Trinajstić information content (AvgIpc) is 2.41. The van der Waals surface area contributed by atoms with E-state index >= 15 is 0 Å². The van der Waals surface area contributed by atoms with Crippen LogP contribution in [0, 0.1) is 0 Å². The minimum absolute atomic E-state index is 0.0497. The molecule has 0 aliphatic heterocycles. The van der Waals surface area contributed by atoms with E-state index in [9.17, 15) is 9.59 Å². The van der Waals surface area contributed by atoms with Crippen LogP contribution in [0.3, 0.4) is 0 Å². The molecule has 0 bridgehead atoms. The molecular weight excluding hydrogens is 307 g/mol. The molecule has 0 saturated heterocycles. The summed E-state index contributed by atoms with van der Waals surface area (Å²) in [4.78, 5) is 34.0. The van der Waals surface area contributed by atoms with Gasteiger partial charge in [-0.25, -0.2) is 19.7 Å². The number of hydrogen-bond acceptors (Lipinski definition) is 5. The minimum Gasteiger partial charge on any atom is -0.476 e. The lowest BCUT2D eigenvalue weighted by Crippen LogP contribution is -2.17. The molecule has 2 N–H and O–H groups in total. The minimum atomic E-state index is -1.31. The van der Waals surface area contributed by atoms with Crippen molar-refractivity contribution >= 4 is 40.9 Å². The summed E-state index contributed by atoms with van der Waals surface area (Å²) in [5, 5.41) is 11.4. The van der Waals surface area contributed by atoms with Crippen molar-refractivity contribution in [3.8, 4) is 0 Å². The van der Waals surface area contributed by atoms with Gasteiger partial charge in [-0.1, -0.05) is 23.2 Å². The zero-order chi connectivity index (χ0) is 14.7. The number of aromatic nitrogens is 3. The molecule has 20 heavy (non-hydrogen) atoms. The summed E-state index contributed by atoms with van der Waals surface area (Å²) in [7, 11) is 0. The maximum absolute atomic E-state index is 12.0. The Morgan fingerprint density at radius 1 is 1.15 bits per heavy atom. The van der Waals surface area contributed by atoms with Gasteiger partial charge in [0.25, 0.3) is 5.91 Å². The molecule has 0 aliphatic carbocycles. The zero-order valence-corrected chi connectivity index (χ0v) is 11.2. The van der Waals surface area contributed by atoms with Gasteiger partial charge >= 0.3 is 5.97 Å². The molecule has 0 radical (unpaired) electrons. The van der Waals surface area contributed by atoms with Crippen LogP contribution >= 0.6 is 23.2 Å². The smallest absolute Gasteiger partial charge is 0.358 e. The van der Waals surface area contributed by atoms with Gasteiger partial charge in [0.15, 0.2) is 11.5 Å². The van der Waals surface area contributed by atoms with Crippen LogP contribution in [0.25, 0.3) is 0 Å². The number of halogens is 2. The van der Waals surface area contributed by atoms with Gasteiger partial charge in [-0.15, -0.1) is 0 Å². The molecule has 0 saturated carbocycles. The normalized spacial score (nSPS) is 10.1. The summed E-state index contributed by atoms with van der Waals surface area (Å²) >= 11 is 11.5. The molecule has 9 heteroatoms. The Morgan fingerprint density at radius 2 is 1.85 bits per heavy atom. The third-order valence-corrected chi connectivity index (χ3v) is 2.71. The molecule has 2 rings (SSSR count). The summed E-state index contributed by atoms with van der Waals surface area (Å²) in [5.41, 5.74) is -0.328. The highest BCUT2D eigenvalue weighted by Gasteiger charge is 2.18. The number of nitrogens with one attached hydrogen (secondary N) is 1. The zero-order valence-electron chi connectivity index (χ0n) is 9.67. The number of anilines is 1. The second-order valence-corrected chi connectivity index (χ2v) is 4.29. The van der Waals surface area contributed by atoms with E-state index in [0.717, 1.165) is 0 Å². The van der Waals surface area contributed by atoms with Crippen molar-refractivity contribution in [2.45, 2.75) is 0 Å². The monoisotopic (exact) mass is 312 g/mol. The van der Waals surface area contributed by atoms with Gasteiger partial charge < -0.3 is 10.4 Å². The lowest BCUT2D eigenvalue weighted by atomic mass is 10.2. The first-order valence-corrected chi connectivity index (χ1v) is 5.91. The number of amides is 1. The van der Waals surface area contributed by atoms with E-state index in [1.165, 1.54) is 24.7 Å². The fraction of sp³-hybridized carbons (Fsp3) is 0. The van der Waals surface area contributed by atoms with Crippen LogP contribution in [0.15, 0.2) is 24.7 Å². The summed E-state index contributed by atoms with van der Waals surface area (Å²) < 4.78 is 0. The highest BCUT2D eigenvalue weighted by Crippen LogP contribution is 2.19. The number of aromatic carboxylic acids is 1. The summed E-state index contributed by atoms with van der Waals surface area (Å²) in [6.07, 6.45) is 3.67. The predicted octanol–water partition coefficient (Wildman–Crippen LogP) is 2.13. The SMILES string of the molecule is O=C(Nc1nccnc1C(=O)O)c1cc(Cl)ncc1Cl. The molecule has 0 atom stereocenters. The Kier molecular flexibility index (Phi) is 4.11. The van der Waals surface area contributed by atoms with Crippen LogP contribution in [0.4, 0.5) is 5.82 Å². The molecule has 0 unspecified atom stereocenters. The van der Waals surface area contributed by atoms with Crippen LogP contribution in [0.2, 0.25) is 10.2 Å². The Hall–Kier alpha value is -2.25. The third kappa shape index (κ3) is 3.01. The molecule has 2 heterocycles. The first-order chi connectivity index (χ1) is 9.49. The lowest BCUT2D eigenvalue weighted by Gasteiger charge is -2.07. The van der Waals surface area contributed by atoms with Crippen LogP contribution < -0.4 is 5.32 Å². The predicted molar refractivity (Wildman–Crippen MR) is 71.2 cm³/mol. The van der Waals surface area contributed by atoms with Crippen LogP contribution in [0.1, 0.15) is 20.8 Å². The van der Waals surface area contributed by atoms with E-state index in [0.29, 0.717) is 0 Å². The van der Waals surface area contributed by atoms with Gasteiger partial charge in [0.2, 0.25) is 0 Å². The van der Waals surface area contributed by atoms with Gasteiger partial charge in [-0.05, 0) is 6.07 Å². The molecule has 0 spiro atoms. The quantitative estimate of drug-likeness (QED) is 0.841. The lowest BCUT2D eigenvalue weighted by molar-refractivity contribution is 0.0691. The first kappa shape index (κ1) is 14.2. The molecule has 7 nitrogen and oxygen atoms in total. The number of pyridine rings is 1. The van der Waals surface area contributed by atoms with Gasteiger partial charge in [0, 0.05) is 18.6 Å². The molecule has 0 fully saturated rings. The van der Waals surface area contributed by atoms with Gasteiger partial charge in [0.1, 0.15) is 5.15 Å². The molecule has 2 aromatic rings. The van der Waals surface area contributed by atoms with Crippen LogP contribution in [-0.4, -0.2) is 31.9 Å². The maximum Gasteiger partial charge on any atom is 0.358 e. The van der Waals surface area contributed by atoms with E-state index in [2.05, 4.69) is 20.3 Å². The van der Waals surface area contributed by atoms with E-state index in [1.54, 1.807) is 0 Å². The highest BCUT2D eigenvalue weighted by atomic mass is 35.5. The largest absolute Gasteiger partial charge is 0.476 e. The van der Waals surface area contributed by atoms with Crippen molar-refractivity contribution in [2.75, 3.05) is 5.32 Å². The van der Waals surface area contributed by atoms with Crippen molar-refractivity contribution in [1.29, 1.82) is 0 Å². The summed E-state index contributed by atoms with van der Waals surface area (Å²) in [5.74, 6) is -2.16. The third-order valence-electron chi connectivity index (χ3n) is 2.20. The van der Waals surface area contributed by atoms with Crippen molar-refractivity contribution in [2.24, 2.45) is 0 Å². The summed E-state index contributed by atoms with van der Waals surface area (Å²) in [6, 6.07) is 1.26. The Balaban J connectivity index is 2.33. The van der Waals surface area contributed by atoms with Gasteiger partial charge in [0.05, 0.1) is 10.6 Å². The number of carboxylic acid groups (broad SMARTS) is 1. The number of rotatable bonds is 3. The Bertz CT molecular complexity index is 693. The number of carbonyl (C=O) groups is 2. The van der Waals surface area contributed by atoms with E-state index in [-0.39, 0.29) is 27.3 Å². The number of carbonyl (C=O) groups excluding carboxylic acids is 1. The second kappa shape index (κ2) is 5.81. The topological polar surface area (TPSA) is 105 Å². The van der Waals surface area contributed by atoms with Crippen molar-refractivity contribution in [1.82, 2.24) is 15.0 Å². The second-order valence-electron chi connectivity index (χ2n) is 3.50.